The molecule has 0 aliphatic carbocycles. The van der Waals surface area contributed by atoms with E-state index < -0.39 is 17.7 Å². The van der Waals surface area contributed by atoms with Crippen molar-refractivity contribution < 1.29 is 18.7 Å². The highest BCUT2D eigenvalue weighted by molar-refractivity contribution is 5.95. The highest BCUT2D eigenvalue weighted by Gasteiger charge is 2.14. The average molecular weight is 410 g/mol. The second-order valence-electron chi connectivity index (χ2n) is 5.97. The van der Waals surface area contributed by atoms with Gasteiger partial charge in [-0.05, 0) is 37.3 Å². The zero-order valence-electron chi connectivity index (χ0n) is 16.0. The molecule has 3 aromatic rings. The van der Waals surface area contributed by atoms with Crippen LogP contribution in [-0.4, -0.2) is 28.5 Å². The van der Waals surface area contributed by atoms with Crippen LogP contribution in [0.5, 0.6) is 0 Å². The molecule has 154 valence electrons. The summed E-state index contributed by atoms with van der Waals surface area (Å²) in [5, 5.41) is 2.98. The number of hydrogen-bond acceptors (Lipinski definition) is 8. The van der Waals surface area contributed by atoms with Crippen molar-refractivity contribution in [3.63, 3.8) is 0 Å². The highest BCUT2D eigenvalue weighted by Crippen LogP contribution is 2.26. The smallest absolute Gasteiger partial charge is 0.338 e. The van der Waals surface area contributed by atoms with E-state index in [0.29, 0.717) is 11.3 Å². The fourth-order valence-corrected chi connectivity index (χ4v) is 2.50. The van der Waals surface area contributed by atoms with E-state index in [9.17, 15) is 14.0 Å². The maximum absolute atomic E-state index is 13.7. The number of esters is 1. The molecule has 1 aromatic heterocycles. The van der Waals surface area contributed by atoms with Gasteiger partial charge in [0.25, 0.3) is 5.91 Å². The summed E-state index contributed by atoms with van der Waals surface area (Å²) >= 11 is 0. The van der Waals surface area contributed by atoms with E-state index in [1.54, 1.807) is 37.3 Å². The van der Waals surface area contributed by atoms with E-state index in [4.69, 9.17) is 10.5 Å². The molecule has 3 rings (SSSR count). The summed E-state index contributed by atoms with van der Waals surface area (Å²) in [5.41, 5.74) is 11.8. The number of anilines is 4. The number of halogens is 1. The molecule has 30 heavy (non-hydrogen) atoms. The van der Waals surface area contributed by atoms with Crippen molar-refractivity contribution in [2.24, 2.45) is 0 Å². The lowest BCUT2D eigenvalue weighted by Crippen LogP contribution is -2.31. The van der Waals surface area contributed by atoms with Crippen molar-refractivity contribution in [2.45, 2.75) is 6.92 Å². The molecule has 2 aromatic carbocycles. The lowest BCUT2D eigenvalue weighted by Gasteiger charge is -2.13. The fourth-order valence-electron chi connectivity index (χ4n) is 2.50. The van der Waals surface area contributed by atoms with Crippen molar-refractivity contribution in [2.75, 3.05) is 23.1 Å². The summed E-state index contributed by atoms with van der Waals surface area (Å²) in [4.78, 5) is 32.0. The summed E-state index contributed by atoms with van der Waals surface area (Å²) in [7, 11) is 0. The molecular formula is C20H19FN6O3. The molecule has 10 heteroatoms. The topological polar surface area (TPSA) is 131 Å². The number of nitrogens with two attached hydrogens (primary N) is 1. The Morgan fingerprint density at radius 2 is 1.87 bits per heavy atom. The van der Waals surface area contributed by atoms with Crippen molar-refractivity contribution in [1.29, 1.82) is 0 Å². The summed E-state index contributed by atoms with van der Waals surface area (Å²) in [6.07, 6.45) is 1.23. The van der Waals surface area contributed by atoms with Crippen molar-refractivity contribution in [3.05, 3.63) is 71.8 Å². The second-order valence-corrected chi connectivity index (χ2v) is 5.97. The molecule has 1 amide bonds. The Bertz CT molecular complexity index is 1080. The van der Waals surface area contributed by atoms with Crippen LogP contribution in [0.4, 0.5) is 27.4 Å². The van der Waals surface area contributed by atoms with E-state index >= 15 is 0 Å². The van der Waals surface area contributed by atoms with Gasteiger partial charge in [-0.2, -0.15) is 0 Å². The van der Waals surface area contributed by atoms with Crippen LogP contribution in [0.3, 0.4) is 0 Å². The molecule has 5 N–H and O–H groups in total. The van der Waals surface area contributed by atoms with Gasteiger partial charge >= 0.3 is 5.97 Å². The maximum atomic E-state index is 13.7. The van der Waals surface area contributed by atoms with Gasteiger partial charge in [0.1, 0.15) is 17.8 Å². The third-order valence-electron chi connectivity index (χ3n) is 3.93. The average Bonchev–Trinajstić information content (AvgIpc) is 2.75. The molecule has 0 unspecified atom stereocenters. The van der Waals surface area contributed by atoms with Gasteiger partial charge in [0.2, 0.25) is 0 Å². The number of ether oxygens (including phenoxy) is 1. The lowest BCUT2D eigenvalue weighted by atomic mass is 10.2. The Hall–Kier alpha value is -4.21. The molecule has 0 fully saturated rings. The van der Waals surface area contributed by atoms with Crippen LogP contribution in [0.25, 0.3) is 0 Å². The number of rotatable bonds is 7. The number of hydrazine groups is 1. The number of nitrogen functional groups attached to an aromatic ring is 1. The number of benzene rings is 2. The van der Waals surface area contributed by atoms with Gasteiger partial charge in [-0.25, -0.2) is 19.2 Å². The Morgan fingerprint density at radius 1 is 1.10 bits per heavy atom. The van der Waals surface area contributed by atoms with Gasteiger partial charge in [-0.15, -0.1) is 0 Å². The summed E-state index contributed by atoms with van der Waals surface area (Å²) in [6, 6.07) is 12.2. The Morgan fingerprint density at radius 3 is 2.63 bits per heavy atom. The number of hydrogen-bond donors (Lipinski definition) is 4. The standard InChI is InChI=1S/C20H19FN6O3/c1-2-30-20(29)12-6-5-7-13(10-12)25-17-16(22)18(24-11-23-17)26-27-19(28)14-8-3-4-9-15(14)21/h3-11H,2,22H2,1H3,(H,27,28)(H2,23,24,25,26). The maximum Gasteiger partial charge on any atom is 0.338 e. The van der Waals surface area contributed by atoms with Crippen LogP contribution in [0, 0.1) is 5.82 Å². The molecular weight excluding hydrogens is 391 g/mol. The Kier molecular flexibility index (Phi) is 6.38. The van der Waals surface area contributed by atoms with E-state index in [2.05, 4.69) is 26.1 Å². The normalized spacial score (nSPS) is 10.2. The van der Waals surface area contributed by atoms with Crippen molar-refractivity contribution in [3.8, 4) is 0 Å². The highest BCUT2D eigenvalue weighted by atomic mass is 19.1. The van der Waals surface area contributed by atoms with E-state index in [1.807, 2.05) is 0 Å². The summed E-state index contributed by atoms with van der Waals surface area (Å²) in [6.45, 7) is 1.99. The summed E-state index contributed by atoms with van der Waals surface area (Å²) in [5.74, 6) is -1.44. The lowest BCUT2D eigenvalue weighted by molar-refractivity contribution is 0.0526. The van der Waals surface area contributed by atoms with Gasteiger partial charge in [-0.3, -0.25) is 15.6 Å². The molecule has 0 aliphatic heterocycles. The number of amides is 1. The largest absolute Gasteiger partial charge is 0.462 e. The van der Waals surface area contributed by atoms with Gasteiger partial charge in [-0.1, -0.05) is 18.2 Å². The molecule has 0 spiro atoms. The molecule has 0 saturated heterocycles. The Labute approximate surface area is 171 Å². The molecule has 0 bridgehead atoms. The predicted octanol–water partition coefficient (Wildman–Crippen LogP) is 2.88. The van der Waals surface area contributed by atoms with Crippen LogP contribution >= 0.6 is 0 Å². The minimum atomic E-state index is -0.692. The predicted molar refractivity (Wildman–Crippen MR) is 110 cm³/mol. The minimum Gasteiger partial charge on any atom is -0.462 e. The van der Waals surface area contributed by atoms with Crippen molar-refractivity contribution in [1.82, 2.24) is 15.4 Å². The van der Waals surface area contributed by atoms with Gasteiger partial charge in [0.15, 0.2) is 11.6 Å². The third-order valence-corrected chi connectivity index (χ3v) is 3.93. The van der Waals surface area contributed by atoms with E-state index in [1.165, 1.54) is 24.5 Å². The van der Waals surface area contributed by atoms with Gasteiger partial charge in [0, 0.05) is 5.69 Å². The number of carbonyl (C=O) groups excluding carboxylic acids is 2. The van der Waals surface area contributed by atoms with Crippen LogP contribution < -0.4 is 21.9 Å². The van der Waals surface area contributed by atoms with Crippen LogP contribution in [-0.2, 0) is 4.74 Å². The molecule has 0 aliphatic rings. The van der Waals surface area contributed by atoms with E-state index in [-0.39, 0.29) is 29.5 Å². The van der Waals surface area contributed by atoms with Crippen LogP contribution in [0.15, 0.2) is 54.9 Å². The van der Waals surface area contributed by atoms with Gasteiger partial charge < -0.3 is 15.8 Å². The zero-order chi connectivity index (χ0) is 21.5. The fraction of sp³-hybridized carbons (Fsp3) is 0.100. The monoisotopic (exact) mass is 410 g/mol. The minimum absolute atomic E-state index is 0.105. The second kappa shape index (κ2) is 9.32. The number of aromatic nitrogens is 2. The Balaban J connectivity index is 1.72. The first kappa shape index (κ1) is 20.5. The SMILES string of the molecule is CCOC(=O)c1cccc(Nc2ncnc(NNC(=O)c3ccccc3F)c2N)c1. The molecule has 1 heterocycles. The third kappa shape index (κ3) is 4.79. The van der Waals surface area contributed by atoms with Crippen molar-refractivity contribution >= 4 is 34.9 Å². The summed E-state index contributed by atoms with van der Waals surface area (Å²) < 4.78 is 18.7. The van der Waals surface area contributed by atoms with Gasteiger partial charge in [0.05, 0.1) is 17.7 Å². The zero-order valence-corrected chi connectivity index (χ0v) is 16.0. The van der Waals surface area contributed by atoms with Crippen LogP contribution in [0.1, 0.15) is 27.6 Å². The first-order chi connectivity index (χ1) is 14.5. The molecule has 9 nitrogen and oxygen atoms in total. The van der Waals surface area contributed by atoms with E-state index in [0.717, 1.165) is 0 Å². The molecule has 0 atom stereocenters. The number of carbonyl (C=O) groups is 2. The quantitative estimate of drug-likeness (QED) is 0.345. The molecule has 0 saturated carbocycles. The van der Waals surface area contributed by atoms with Crippen LogP contribution in [0.2, 0.25) is 0 Å². The first-order valence-corrected chi connectivity index (χ1v) is 8.95. The molecule has 0 radical (unpaired) electrons. The number of nitrogens with zero attached hydrogens (tertiary/aromatic N) is 2. The number of nitrogens with one attached hydrogen (secondary N) is 3. The first-order valence-electron chi connectivity index (χ1n) is 8.95.